The molecule has 2 rings (SSSR count). The SMILES string of the molecule is O=C(NOCc1ccccc1)c1ccc(Cl)cc1[N+](=O)[O-]. The molecule has 0 spiro atoms. The van der Waals surface area contributed by atoms with Gasteiger partial charge in [0, 0.05) is 11.1 Å². The Morgan fingerprint density at radius 1 is 1.24 bits per heavy atom. The van der Waals surface area contributed by atoms with Gasteiger partial charge in [-0.15, -0.1) is 0 Å². The molecule has 0 aliphatic rings. The van der Waals surface area contributed by atoms with Crippen LogP contribution in [0.1, 0.15) is 15.9 Å². The van der Waals surface area contributed by atoms with Crippen molar-refractivity contribution in [1.82, 2.24) is 5.48 Å². The molecule has 0 aromatic heterocycles. The molecular weight excluding hydrogens is 296 g/mol. The van der Waals surface area contributed by atoms with Gasteiger partial charge in [-0.2, -0.15) is 0 Å². The smallest absolute Gasteiger partial charge is 0.269 e. The maximum atomic E-state index is 11.9. The second kappa shape index (κ2) is 6.83. The first-order valence-corrected chi connectivity index (χ1v) is 6.35. The summed E-state index contributed by atoms with van der Waals surface area (Å²) in [5.41, 5.74) is 2.55. The third kappa shape index (κ3) is 4.01. The summed E-state index contributed by atoms with van der Waals surface area (Å²) in [6, 6.07) is 13.0. The van der Waals surface area contributed by atoms with Gasteiger partial charge in [0.2, 0.25) is 0 Å². The third-order valence-electron chi connectivity index (χ3n) is 2.65. The molecule has 0 aliphatic carbocycles. The van der Waals surface area contributed by atoms with Gasteiger partial charge in [0.05, 0.1) is 11.5 Å². The molecule has 0 unspecified atom stereocenters. The lowest BCUT2D eigenvalue weighted by atomic mass is 10.2. The largest absolute Gasteiger partial charge is 0.283 e. The lowest BCUT2D eigenvalue weighted by Gasteiger charge is -2.06. The highest BCUT2D eigenvalue weighted by atomic mass is 35.5. The summed E-state index contributed by atoms with van der Waals surface area (Å²) < 4.78 is 0. The number of nitro benzene ring substituents is 1. The fraction of sp³-hybridized carbons (Fsp3) is 0.0714. The van der Waals surface area contributed by atoms with E-state index in [-0.39, 0.29) is 22.9 Å². The lowest BCUT2D eigenvalue weighted by Crippen LogP contribution is -2.24. The van der Waals surface area contributed by atoms with Crippen LogP contribution in [-0.4, -0.2) is 10.8 Å². The molecule has 2 aromatic rings. The van der Waals surface area contributed by atoms with Crippen LogP contribution < -0.4 is 5.48 Å². The number of rotatable bonds is 5. The average molecular weight is 307 g/mol. The van der Waals surface area contributed by atoms with E-state index >= 15 is 0 Å². The number of hydrogen-bond donors (Lipinski definition) is 1. The molecule has 0 fully saturated rings. The molecule has 7 heteroatoms. The Morgan fingerprint density at radius 2 is 1.95 bits per heavy atom. The summed E-state index contributed by atoms with van der Waals surface area (Å²) in [4.78, 5) is 27.2. The summed E-state index contributed by atoms with van der Waals surface area (Å²) in [5, 5.41) is 11.1. The van der Waals surface area contributed by atoms with Crippen molar-refractivity contribution < 1.29 is 14.6 Å². The highest BCUT2D eigenvalue weighted by molar-refractivity contribution is 6.31. The van der Waals surface area contributed by atoms with Crippen LogP contribution in [0.2, 0.25) is 5.02 Å². The van der Waals surface area contributed by atoms with E-state index in [0.29, 0.717) is 0 Å². The van der Waals surface area contributed by atoms with Gasteiger partial charge in [-0.25, -0.2) is 5.48 Å². The standard InChI is InChI=1S/C14H11ClN2O4/c15-11-6-7-12(13(8-11)17(19)20)14(18)16-21-9-10-4-2-1-3-5-10/h1-8H,9H2,(H,16,18). The van der Waals surface area contributed by atoms with Gasteiger partial charge in [0.15, 0.2) is 0 Å². The zero-order valence-electron chi connectivity index (χ0n) is 10.8. The van der Waals surface area contributed by atoms with E-state index in [9.17, 15) is 14.9 Å². The molecule has 21 heavy (non-hydrogen) atoms. The Kier molecular flexibility index (Phi) is 4.86. The van der Waals surface area contributed by atoms with Crippen molar-refractivity contribution >= 4 is 23.2 Å². The number of carbonyl (C=O) groups is 1. The van der Waals surface area contributed by atoms with Crippen molar-refractivity contribution in [3.63, 3.8) is 0 Å². The molecule has 0 atom stereocenters. The van der Waals surface area contributed by atoms with E-state index in [1.807, 2.05) is 30.3 Å². The number of hydroxylamine groups is 1. The number of nitro groups is 1. The molecule has 0 radical (unpaired) electrons. The molecule has 1 amide bonds. The van der Waals surface area contributed by atoms with E-state index < -0.39 is 10.8 Å². The molecule has 0 bridgehead atoms. The fourth-order valence-electron chi connectivity index (χ4n) is 1.66. The van der Waals surface area contributed by atoms with Gasteiger partial charge in [0.25, 0.3) is 11.6 Å². The predicted molar refractivity (Wildman–Crippen MR) is 76.8 cm³/mol. The molecule has 2 aromatic carbocycles. The summed E-state index contributed by atoms with van der Waals surface area (Å²) >= 11 is 5.68. The zero-order chi connectivity index (χ0) is 15.2. The Balaban J connectivity index is 2.02. The number of nitrogens with one attached hydrogen (secondary N) is 1. The summed E-state index contributed by atoms with van der Waals surface area (Å²) in [6.07, 6.45) is 0. The van der Waals surface area contributed by atoms with E-state index in [1.165, 1.54) is 12.1 Å². The van der Waals surface area contributed by atoms with Gasteiger partial charge in [-0.1, -0.05) is 41.9 Å². The van der Waals surface area contributed by atoms with E-state index in [1.54, 1.807) is 0 Å². The topological polar surface area (TPSA) is 81.5 Å². The highest BCUT2D eigenvalue weighted by Gasteiger charge is 2.20. The number of amides is 1. The highest BCUT2D eigenvalue weighted by Crippen LogP contribution is 2.23. The maximum Gasteiger partial charge on any atom is 0.283 e. The molecule has 0 aliphatic heterocycles. The van der Waals surface area contributed by atoms with Crippen LogP contribution in [0.25, 0.3) is 0 Å². The van der Waals surface area contributed by atoms with Crippen molar-refractivity contribution in [1.29, 1.82) is 0 Å². The fourth-order valence-corrected chi connectivity index (χ4v) is 1.83. The first-order chi connectivity index (χ1) is 10.1. The van der Waals surface area contributed by atoms with Crippen LogP contribution in [0, 0.1) is 10.1 Å². The van der Waals surface area contributed by atoms with Gasteiger partial charge in [0.1, 0.15) is 5.56 Å². The second-order valence-electron chi connectivity index (χ2n) is 4.12. The monoisotopic (exact) mass is 306 g/mol. The Morgan fingerprint density at radius 3 is 2.62 bits per heavy atom. The second-order valence-corrected chi connectivity index (χ2v) is 4.56. The average Bonchev–Trinajstić information content (AvgIpc) is 2.48. The predicted octanol–water partition coefficient (Wildman–Crippen LogP) is 3.11. The van der Waals surface area contributed by atoms with Gasteiger partial charge in [-0.3, -0.25) is 19.7 Å². The van der Waals surface area contributed by atoms with Crippen molar-refractivity contribution in [2.75, 3.05) is 0 Å². The van der Waals surface area contributed by atoms with E-state index in [2.05, 4.69) is 5.48 Å². The summed E-state index contributed by atoms with van der Waals surface area (Å²) in [6.45, 7) is 0.161. The first kappa shape index (κ1) is 15.0. The Labute approximate surface area is 125 Å². The summed E-state index contributed by atoms with van der Waals surface area (Å²) in [7, 11) is 0. The van der Waals surface area contributed by atoms with Crippen LogP contribution in [0.5, 0.6) is 0 Å². The van der Waals surface area contributed by atoms with Crippen LogP contribution >= 0.6 is 11.6 Å². The molecule has 0 saturated carbocycles. The van der Waals surface area contributed by atoms with Crippen molar-refractivity contribution in [3.8, 4) is 0 Å². The molecule has 0 heterocycles. The van der Waals surface area contributed by atoms with Gasteiger partial charge < -0.3 is 0 Å². The van der Waals surface area contributed by atoms with Crippen molar-refractivity contribution in [2.24, 2.45) is 0 Å². The lowest BCUT2D eigenvalue weighted by molar-refractivity contribution is -0.385. The minimum Gasteiger partial charge on any atom is -0.269 e. The van der Waals surface area contributed by atoms with Crippen LogP contribution in [-0.2, 0) is 11.4 Å². The quantitative estimate of drug-likeness (QED) is 0.679. The van der Waals surface area contributed by atoms with Gasteiger partial charge in [-0.05, 0) is 17.7 Å². The normalized spacial score (nSPS) is 10.1. The minimum atomic E-state index is -0.700. The molecular formula is C14H11ClN2O4. The zero-order valence-corrected chi connectivity index (χ0v) is 11.5. The molecule has 108 valence electrons. The van der Waals surface area contributed by atoms with E-state index in [4.69, 9.17) is 16.4 Å². The third-order valence-corrected chi connectivity index (χ3v) is 2.88. The van der Waals surface area contributed by atoms with Crippen molar-refractivity contribution in [3.05, 3.63) is 74.8 Å². The minimum absolute atomic E-state index is 0.113. The molecule has 0 saturated heterocycles. The van der Waals surface area contributed by atoms with E-state index in [0.717, 1.165) is 11.6 Å². The van der Waals surface area contributed by atoms with Crippen LogP contribution in [0.3, 0.4) is 0 Å². The van der Waals surface area contributed by atoms with Crippen molar-refractivity contribution in [2.45, 2.75) is 6.61 Å². The maximum absolute atomic E-state index is 11.9. The Hall–Kier alpha value is -2.44. The number of nitrogens with zero attached hydrogens (tertiary/aromatic N) is 1. The first-order valence-electron chi connectivity index (χ1n) is 5.98. The number of halogens is 1. The Bertz CT molecular complexity index is 661. The van der Waals surface area contributed by atoms with Crippen LogP contribution in [0.15, 0.2) is 48.5 Å². The molecule has 1 N–H and O–H groups in total. The number of hydrogen-bond acceptors (Lipinski definition) is 4. The summed E-state index contributed by atoms with van der Waals surface area (Å²) in [5.74, 6) is -0.700. The number of benzene rings is 2. The molecule has 6 nitrogen and oxygen atoms in total. The van der Waals surface area contributed by atoms with Crippen LogP contribution in [0.4, 0.5) is 5.69 Å². The number of carbonyl (C=O) groups excluding carboxylic acids is 1. The van der Waals surface area contributed by atoms with Gasteiger partial charge >= 0.3 is 0 Å².